The van der Waals surface area contributed by atoms with Crippen LogP contribution in [-0.2, 0) is 25.2 Å². The second kappa shape index (κ2) is 11.2. The number of rotatable bonds is 7. The number of methoxy groups -OCH3 is 2. The van der Waals surface area contributed by atoms with Gasteiger partial charge in [0, 0.05) is 70.9 Å². The molecule has 9 nitrogen and oxygen atoms in total. The first-order valence-corrected chi connectivity index (χ1v) is 11.8. The van der Waals surface area contributed by atoms with Crippen molar-refractivity contribution in [3.05, 3.63) is 29.1 Å². The van der Waals surface area contributed by atoms with Crippen molar-refractivity contribution in [2.45, 2.75) is 43.6 Å². The van der Waals surface area contributed by atoms with Crippen LogP contribution < -0.4 is 10.2 Å². The van der Waals surface area contributed by atoms with Crippen molar-refractivity contribution in [1.29, 1.82) is 0 Å². The highest BCUT2D eigenvalue weighted by Crippen LogP contribution is 2.31. The minimum atomic E-state index is -4.53. The summed E-state index contributed by atoms with van der Waals surface area (Å²) in [5.41, 5.74) is 0.772. The quantitative estimate of drug-likeness (QED) is 0.606. The van der Waals surface area contributed by atoms with E-state index >= 15 is 0 Å². The molecule has 2 saturated heterocycles. The Labute approximate surface area is 202 Å². The van der Waals surface area contributed by atoms with Gasteiger partial charge in [-0.3, -0.25) is 4.79 Å². The molecular formula is C23H32F3N5O4. The van der Waals surface area contributed by atoms with Crippen molar-refractivity contribution in [3.63, 3.8) is 0 Å². The second-order valence-electron chi connectivity index (χ2n) is 9.05. The van der Waals surface area contributed by atoms with E-state index in [1.165, 1.54) is 0 Å². The molecule has 2 fully saturated rings. The summed E-state index contributed by atoms with van der Waals surface area (Å²) >= 11 is 0. The van der Waals surface area contributed by atoms with Crippen molar-refractivity contribution in [1.82, 2.24) is 20.2 Å². The van der Waals surface area contributed by atoms with Crippen molar-refractivity contribution < 1.29 is 32.2 Å². The van der Waals surface area contributed by atoms with Gasteiger partial charge in [0.2, 0.25) is 11.9 Å². The molecule has 0 saturated carbocycles. The third kappa shape index (κ3) is 6.11. The number of aromatic nitrogens is 2. The molecule has 1 N–H and O–H groups in total. The maximum absolute atomic E-state index is 13.4. The Morgan fingerprint density at radius 3 is 2.69 bits per heavy atom. The molecule has 2 aliphatic heterocycles. The number of piperazine rings is 1. The standard InChI is InChI=1S/C23H32F3N5O4/c1-33-13-15-11-16(28-18-4-10-35-14-19(18)34-2)12-17(15)21(32)30-6-8-31(9-7-30)22-27-5-3-20(29-22)23(24,25)26/h3,5,16,18-19,28H,4,6-14H2,1-2H3/t16-,18?,19?/m1/s1. The average Bonchev–Trinajstić information content (AvgIpc) is 3.26. The average molecular weight is 500 g/mol. The molecule has 1 aliphatic carbocycles. The molecule has 0 aromatic carbocycles. The maximum Gasteiger partial charge on any atom is 0.433 e. The Balaban J connectivity index is 1.37. The largest absolute Gasteiger partial charge is 0.433 e. The Hall–Kier alpha value is -2.28. The van der Waals surface area contributed by atoms with E-state index in [1.54, 1.807) is 24.0 Å². The van der Waals surface area contributed by atoms with Gasteiger partial charge in [0.05, 0.1) is 19.3 Å². The van der Waals surface area contributed by atoms with Crippen molar-refractivity contribution in [2.24, 2.45) is 0 Å². The number of anilines is 1. The van der Waals surface area contributed by atoms with Crippen LogP contribution in [0, 0.1) is 0 Å². The van der Waals surface area contributed by atoms with E-state index in [9.17, 15) is 18.0 Å². The Kier molecular flexibility index (Phi) is 8.25. The number of carbonyl (C=O) groups is 1. The summed E-state index contributed by atoms with van der Waals surface area (Å²) in [5, 5.41) is 3.65. The van der Waals surface area contributed by atoms with Crippen LogP contribution >= 0.6 is 0 Å². The lowest BCUT2D eigenvalue weighted by Gasteiger charge is -2.35. The van der Waals surface area contributed by atoms with E-state index in [2.05, 4.69) is 15.3 Å². The number of alkyl halides is 3. The molecule has 3 aliphatic rings. The molecule has 194 valence electrons. The summed E-state index contributed by atoms with van der Waals surface area (Å²) in [7, 11) is 3.29. The van der Waals surface area contributed by atoms with Gasteiger partial charge in [-0.15, -0.1) is 0 Å². The lowest BCUT2D eigenvalue weighted by atomic mass is 10.0. The summed E-state index contributed by atoms with van der Waals surface area (Å²) in [6, 6.07) is 1.12. The summed E-state index contributed by atoms with van der Waals surface area (Å²) in [6.45, 7) is 3.09. The summed E-state index contributed by atoms with van der Waals surface area (Å²) in [5.74, 6) is -0.0123. The monoisotopic (exact) mass is 499 g/mol. The van der Waals surface area contributed by atoms with E-state index in [1.807, 2.05) is 0 Å². The molecule has 1 amide bonds. The van der Waals surface area contributed by atoms with Crippen molar-refractivity contribution in [2.75, 3.05) is 65.1 Å². The molecule has 0 radical (unpaired) electrons. The van der Waals surface area contributed by atoms with E-state index < -0.39 is 11.9 Å². The minimum absolute atomic E-state index is 0.0273. The summed E-state index contributed by atoms with van der Waals surface area (Å²) in [4.78, 5) is 24.5. The zero-order valence-electron chi connectivity index (χ0n) is 20.0. The molecule has 35 heavy (non-hydrogen) atoms. The van der Waals surface area contributed by atoms with Gasteiger partial charge in [-0.1, -0.05) is 0 Å². The van der Waals surface area contributed by atoms with Crippen LogP contribution in [0.3, 0.4) is 0 Å². The normalized spacial score (nSPS) is 25.9. The van der Waals surface area contributed by atoms with Crippen molar-refractivity contribution in [3.8, 4) is 0 Å². The zero-order chi connectivity index (χ0) is 25.0. The number of carbonyl (C=O) groups excluding carboxylic acids is 1. The van der Waals surface area contributed by atoms with Gasteiger partial charge in [0.15, 0.2) is 0 Å². The first-order chi connectivity index (χ1) is 16.8. The zero-order valence-corrected chi connectivity index (χ0v) is 20.0. The first-order valence-electron chi connectivity index (χ1n) is 11.8. The second-order valence-corrected chi connectivity index (χ2v) is 9.05. The van der Waals surface area contributed by atoms with Gasteiger partial charge in [-0.2, -0.15) is 13.2 Å². The fraction of sp³-hybridized carbons (Fsp3) is 0.696. The van der Waals surface area contributed by atoms with E-state index in [4.69, 9.17) is 14.2 Å². The van der Waals surface area contributed by atoms with Gasteiger partial charge >= 0.3 is 6.18 Å². The highest BCUT2D eigenvalue weighted by molar-refractivity contribution is 5.95. The molecule has 2 unspecified atom stereocenters. The first kappa shape index (κ1) is 25.8. The SMILES string of the molecule is COCC1=C(C(=O)N2CCN(c3nccc(C(F)(F)F)n3)CC2)C[C@H](NC2CCOCC2OC)C1. The third-order valence-corrected chi connectivity index (χ3v) is 6.79. The number of amides is 1. The highest BCUT2D eigenvalue weighted by atomic mass is 19.4. The fourth-order valence-corrected chi connectivity index (χ4v) is 4.96. The molecular weight excluding hydrogens is 467 g/mol. The number of halogens is 3. The van der Waals surface area contributed by atoms with Crippen LogP contribution in [0.4, 0.5) is 19.1 Å². The molecule has 0 spiro atoms. The number of hydrogen-bond donors (Lipinski definition) is 1. The van der Waals surface area contributed by atoms with Gasteiger partial charge < -0.3 is 29.3 Å². The van der Waals surface area contributed by atoms with Crippen molar-refractivity contribution >= 4 is 11.9 Å². The third-order valence-electron chi connectivity index (χ3n) is 6.79. The van der Waals surface area contributed by atoms with Crippen LogP contribution in [0.2, 0.25) is 0 Å². The predicted octanol–water partition coefficient (Wildman–Crippen LogP) is 1.64. The molecule has 1 aromatic rings. The van der Waals surface area contributed by atoms with E-state index in [0.717, 1.165) is 36.3 Å². The topological polar surface area (TPSA) is 89.1 Å². The lowest BCUT2D eigenvalue weighted by Crippen LogP contribution is -2.51. The van der Waals surface area contributed by atoms with Crippen LogP contribution in [0.25, 0.3) is 0 Å². The van der Waals surface area contributed by atoms with Crippen LogP contribution in [0.15, 0.2) is 23.4 Å². The highest BCUT2D eigenvalue weighted by Gasteiger charge is 2.36. The minimum Gasteiger partial charge on any atom is -0.380 e. The van der Waals surface area contributed by atoms with Crippen LogP contribution in [0.1, 0.15) is 25.0 Å². The number of hydrogen-bond acceptors (Lipinski definition) is 8. The van der Waals surface area contributed by atoms with Gasteiger partial charge in [0.1, 0.15) is 5.69 Å². The molecule has 4 rings (SSSR count). The Morgan fingerprint density at radius 1 is 1.23 bits per heavy atom. The number of nitrogens with zero attached hydrogens (tertiary/aromatic N) is 4. The Bertz CT molecular complexity index is 921. The van der Waals surface area contributed by atoms with Gasteiger partial charge in [0.25, 0.3) is 0 Å². The smallest absolute Gasteiger partial charge is 0.380 e. The lowest BCUT2D eigenvalue weighted by molar-refractivity contribution is -0.141. The number of nitrogens with one attached hydrogen (secondary N) is 1. The van der Waals surface area contributed by atoms with Crippen LogP contribution in [0.5, 0.6) is 0 Å². The fourth-order valence-electron chi connectivity index (χ4n) is 4.96. The summed E-state index contributed by atoms with van der Waals surface area (Å²) in [6.07, 6.45) is -1.27. The molecule has 0 bridgehead atoms. The van der Waals surface area contributed by atoms with E-state index in [-0.39, 0.29) is 30.0 Å². The number of ether oxygens (including phenoxy) is 3. The van der Waals surface area contributed by atoms with E-state index in [0.29, 0.717) is 52.4 Å². The van der Waals surface area contributed by atoms with Gasteiger partial charge in [-0.05, 0) is 30.9 Å². The summed E-state index contributed by atoms with van der Waals surface area (Å²) < 4.78 is 55.4. The van der Waals surface area contributed by atoms with Crippen LogP contribution in [-0.4, -0.2) is 99.2 Å². The predicted molar refractivity (Wildman–Crippen MR) is 121 cm³/mol. The molecule has 12 heteroatoms. The molecule has 3 heterocycles. The maximum atomic E-state index is 13.4. The molecule has 1 aromatic heterocycles. The Morgan fingerprint density at radius 2 is 2.00 bits per heavy atom. The molecule has 3 atom stereocenters. The van der Waals surface area contributed by atoms with Gasteiger partial charge in [-0.25, -0.2) is 9.97 Å².